The molecule has 1 aliphatic carbocycles. The van der Waals surface area contributed by atoms with Crippen molar-refractivity contribution in [1.82, 2.24) is 4.90 Å². The van der Waals surface area contributed by atoms with Gasteiger partial charge in [0.1, 0.15) is 5.82 Å². The minimum Gasteiger partial charge on any atom is -0.481 e. The van der Waals surface area contributed by atoms with Crippen molar-refractivity contribution in [2.75, 3.05) is 18.0 Å². The second-order valence-electron chi connectivity index (χ2n) is 5.07. The van der Waals surface area contributed by atoms with Crippen LogP contribution in [0.3, 0.4) is 0 Å². The third-order valence-corrected chi connectivity index (χ3v) is 3.49. The molecule has 21 heavy (non-hydrogen) atoms. The number of benzene rings is 1. The summed E-state index contributed by atoms with van der Waals surface area (Å²) in [6, 6.07) is 5.64. The van der Waals surface area contributed by atoms with Crippen molar-refractivity contribution < 1.29 is 19.1 Å². The van der Waals surface area contributed by atoms with Crippen LogP contribution in [-0.2, 0) is 4.79 Å². The highest BCUT2D eigenvalue weighted by atomic mass is 19.1. The zero-order chi connectivity index (χ0) is 15.4. The van der Waals surface area contributed by atoms with Gasteiger partial charge in [0.2, 0.25) is 0 Å². The van der Waals surface area contributed by atoms with Crippen LogP contribution in [0.1, 0.15) is 26.2 Å². The van der Waals surface area contributed by atoms with Gasteiger partial charge in [0.15, 0.2) is 0 Å². The molecule has 0 radical (unpaired) electrons. The molecule has 0 aromatic heterocycles. The number of carbonyl (C=O) groups excluding carboxylic acids is 1. The number of amides is 2. The zero-order valence-corrected chi connectivity index (χ0v) is 12.0. The van der Waals surface area contributed by atoms with Gasteiger partial charge in [0.25, 0.3) is 0 Å². The van der Waals surface area contributed by atoms with Gasteiger partial charge < -0.3 is 10.0 Å². The number of aliphatic carboxylic acids is 1. The molecule has 2 amide bonds. The van der Waals surface area contributed by atoms with Crippen LogP contribution >= 0.6 is 0 Å². The van der Waals surface area contributed by atoms with E-state index in [1.165, 1.54) is 12.1 Å². The van der Waals surface area contributed by atoms with E-state index in [1.807, 2.05) is 6.92 Å². The maximum absolute atomic E-state index is 13.0. The van der Waals surface area contributed by atoms with Crippen molar-refractivity contribution in [3.8, 4) is 0 Å². The lowest BCUT2D eigenvalue weighted by Gasteiger charge is -2.30. The van der Waals surface area contributed by atoms with E-state index in [1.54, 1.807) is 21.9 Å². The van der Waals surface area contributed by atoms with Crippen molar-refractivity contribution >= 4 is 17.7 Å². The highest BCUT2D eigenvalue weighted by molar-refractivity contribution is 5.92. The normalized spacial score (nSPS) is 13.8. The van der Waals surface area contributed by atoms with Crippen LogP contribution in [0.25, 0.3) is 0 Å². The van der Waals surface area contributed by atoms with Gasteiger partial charge in [-0.1, -0.05) is 0 Å². The van der Waals surface area contributed by atoms with Crippen molar-refractivity contribution in [2.45, 2.75) is 32.2 Å². The molecule has 1 aromatic carbocycles. The minimum absolute atomic E-state index is 0.0663. The molecule has 0 heterocycles. The molecule has 1 aliphatic rings. The molecule has 0 unspecified atom stereocenters. The molecule has 5 nitrogen and oxygen atoms in total. The highest BCUT2D eigenvalue weighted by Gasteiger charge is 2.35. The van der Waals surface area contributed by atoms with E-state index < -0.39 is 5.97 Å². The molecule has 2 rings (SSSR count). The van der Waals surface area contributed by atoms with Crippen LogP contribution in [0, 0.1) is 5.82 Å². The summed E-state index contributed by atoms with van der Waals surface area (Å²) in [6.45, 7) is 2.49. The highest BCUT2D eigenvalue weighted by Crippen LogP contribution is 2.29. The van der Waals surface area contributed by atoms with E-state index >= 15 is 0 Å². The summed E-state index contributed by atoms with van der Waals surface area (Å²) in [5.74, 6) is -1.27. The Morgan fingerprint density at radius 1 is 1.29 bits per heavy atom. The first-order chi connectivity index (χ1) is 10.0. The van der Waals surface area contributed by atoms with E-state index in [4.69, 9.17) is 5.11 Å². The molecule has 0 spiro atoms. The van der Waals surface area contributed by atoms with E-state index in [-0.39, 0.29) is 30.9 Å². The fourth-order valence-electron chi connectivity index (χ4n) is 2.24. The van der Waals surface area contributed by atoms with Crippen LogP contribution in [-0.4, -0.2) is 41.1 Å². The number of anilines is 1. The van der Waals surface area contributed by atoms with Gasteiger partial charge in [-0.25, -0.2) is 9.18 Å². The smallest absolute Gasteiger partial charge is 0.324 e. The predicted octanol–water partition coefficient (Wildman–Crippen LogP) is 2.71. The molecule has 0 aliphatic heterocycles. The first kappa shape index (κ1) is 15.3. The fraction of sp³-hybridized carbons (Fsp3) is 0.467. The number of nitrogens with zero attached hydrogens (tertiary/aromatic N) is 2. The quantitative estimate of drug-likeness (QED) is 0.877. The number of carboxylic acid groups (broad SMARTS) is 1. The predicted molar refractivity (Wildman–Crippen MR) is 76.8 cm³/mol. The lowest BCUT2D eigenvalue weighted by Crippen LogP contribution is -2.45. The third-order valence-electron chi connectivity index (χ3n) is 3.49. The van der Waals surface area contributed by atoms with Gasteiger partial charge in [-0.15, -0.1) is 0 Å². The molecule has 1 fully saturated rings. The monoisotopic (exact) mass is 294 g/mol. The van der Waals surface area contributed by atoms with E-state index in [2.05, 4.69) is 0 Å². The van der Waals surface area contributed by atoms with Crippen molar-refractivity contribution in [3.63, 3.8) is 0 Å². The Morgan fingerprint density at radius 2 is 1.90 bits per heavy atom. The summed E-state index contributed by atoms with van der Waals surface area (Å²) in [5, 5.41) is 8.80. The molecular formula is C15H19FN2O3. The Morgan fingerprint density at radius 3 is 2.38 bits per heavy atom. The summed E-state index contributed by atoms with van der Waals surface area (Å²) >= 11 is 0. The summed E-state index contributed by atoms with van der Waals surface area (Å²) in [7, 11) is 0. The lowest BCUT2D eigenvalue weighted by atomic mass is 10.3. The standard InChI is InChI=1S/C15H19FN2O3/c1-2-17(12-5-3-11(16)4-6-12)15(21)18(13-7-8-13)10-9-14(19)20/h3-6,13H,2,7-10H2,1H3,(H,19,20). The Bertz CT molecular complexity index is 514. The fourth-order valence-corrected chi connectivity index (χ4v) is 2.24. The summed E-state index contributed by atoms with van der Waals surface area (Å²) in [6.07, 6.45) is 1.75. The molecule has 114 valence electrons. The maximum Gasteiger partial charge on any atom is 0.324 e. The van der Waals surface area contributed by atoms with E-state index in [9.17, 15) is 14.0 Å². The zero-order valence-electron chi connectivity index (χ0n) is 12.0. The van der Waals surface area contributed by atoms with Crippen LogP contribution < -0.4 is 4.90 Å². The van der Waals surface area contributed by atoms with Gasteiger partial charge in [0.05, 0.1) is 6.42 Å². The van der Waals surface area contributed by atoms with E-state index in [0.29, 0.717) is 12.2 Å². The molecule has 1 aromatic rings. The van der Waals surface area contributed by atoms with Gasteiger partial charge >= 0.3 is 12.0 Å². The minimum atomic E-state index is -0.918. The van der Waals surface area contributed by atoms with Gasteiger partial charge in [-0.05, 0) is 44.0 Å². The van der Waals surface area contributed by atoms with Crippen LogP contribution in [0.5, 0.6) is 0 Å². The Hall–Kier alpha value is -2.11. The van der Waals surface area contributed by atoms with Crippen molar-refractivity contribution in [1.29, 1.82) is 0 Å². The van der Waals surface area contributed by atoms with Gasteiger partial charge in [-0.2, -0.15) is 0 Å². The van der Waals surface area contributed by atoms with Crippen LogP contribution in [0.4, 0.5) is 14.9 Å². The number of hydrogen-bond acceptors (Lipinski definition) is 2. The average Bonchev–Trinajstić information content (AvgIpc) is 3.26. The maximum atomic E-state index is 13.0. The third kappa shape index (κ3) is 3.93. The molecule has 0 atom stereocenters. The first-order valence-corrected chi connectivity index (χ1v) is 7.08. The van der Waals surface area contributed by atoms with Crippen molar-refractivity contribution in [2.24, 2.45) is 0 Å². The van der Waals surface area contributed by atoms with Gasteiger partial charge in [-0.3, -0.25) is 9.69 Å². The largest absolute Gasteiger partial charge is 0.481 e. The average molecular weight is 294 g/mol. The second-order valence-corrected chi connectivity index (χ2v) is 5.07. The van der Waals surface area contributed by atoms with Gasteiger partial charge in [0, 0.05) is 24.8 Å². The molecule has 6 heteroatoms. The number of carbonyl (C=O) groups is 2. The molecule has 1 N–H and O–H groups in total. The summed E-state index contributed by atoms with van der Waals surface area (Å²) in [5.41, 5.74) is 0.616. The lowest BCUT2D eigenvalue weighted by molar-refractivity contribution is -0.137. The van der Waals surface area contributed by atoms with E-state index in [0.717, 1.165) is 12.8 Å². The molecule has 1 saturated carbocycles. The summed E-state index contributed by atoms with van der Waals surface area (Å²) in [4.78, 5) is 26.5. The van der Waals surface area contributed by atoms with Crippen LogP contribution in [0.15, 0.2) is 24.3 Å². The number of rotatable bonds is 6. The summed E-state index contributed by atoms with van der Waals surface area (Å²) < 4.78 is 13.0. The number of urea groups is 1. The Labute approximate surface area is 123 Å². The number of halogens is 1. The number of hydrogen-bond donors (Lipinski definition) is 1. The first-order valence-electron chi connectivity index (χ1n) is 7.08. The Balaban J connectivity index is 2.12. The number of carboxylic acids is 1. The SMILES string of the molecule is CCN(C(=O)N(CCC(=O)O)C1CC1)c1ccc(F)cc1. The second kappa shape index (κ2) is 6.56. The molecule has 0 saturated heterocycles. The molecule has 0 bridgehead atoms. The molecular weight excluding hydrogens is 275 g/mol. The van der Waals surface area contributed by atoms with Crippen LogP contribution in [0.2, 0.25) is 0 Å². The van der Waals surface area contributed by atoms with Crippen molar-refractivity contribution in [3.05, 3.63) is 30.1 Å². The Kier molecular flexibility index (Phi) is 4.77. The topological polar surface area (TPSA) is 60.9 Å².